The van der Waals surface area contributed by atoms with E-state index >= 15 is 0 Å². The fraction of sp³-hybridized carbons (Fsp3) is 0. The molecule has 0 aliphatic carbocycles. The van der Waals surface area contributed by atoms with Gasteiger partial charge in [0.1, 0.15) is 6.07 Å². The predicted octanol–water partition coefficient (Wildman–Crippen LogP) is 10.1. The molecule has 0 fully saturated rings. The largest absolute Gasteiger partial charge is 0.308 e. The van der Waals surface area contributed by atoms with Gasteiger partial charge in [-0.3, -0.25) is 0 Å². The van der Waals surface area contributed by atoms with Crippen LogP contribution in [0.25, 0.3) is 72.5 Å². The Hall–Kier alpha value is -6.31. The molecule has 0 aliphatic heterocycles. The fourth-order valence-corrected chi connectivity index (χ4v) is 6.08. The van der Waals surface area contributed by atoms with Gasteiger partial charge in [0.15, 0.2) is 5.82 Å². The quantitative estimate of drug-likeness (QED) is 0.205. The van der Waals surface area contributed by atoms with Crippen molar-refractivity contribution in [2.45, 2.75) is 0 Å². The zero-order valence-electron chi connectivity index (χ0n) is 24.3. The van der Waals surface area contributed by atoms with E-state index in [0.29, 0.717) is 11.4 Å². The van der Waals surface area contributed by atoms with E-state index in [2.05, 4.69) is 102 Å². The van der Waals surface area contributed by atoms with Crippen molar-refractivity contribution in [3.8, 4) is 56.8 Å². The zero-order valence-corrected chi connectivity index (χ0v) is 24.3. The van der Waals surface area contributed by atoms with Crippen molar-refractivity contribution in [3.05, 3.63) is 163 Å². The van der Waals surface area contributed by atoms with Crippen LogP contribution in [0.15, 0.2) is 158 Å². The number of benzene rings is 6. The Morgan fingerprint density at radius 3 is 1.64 bits per heavy atom. The van der Waals surface area contributed by atoms with Crippen molar-refractivity contribution < 1.29 is 0 Å². The van der Waals surface area contributed by atoms with Gasteiger partial charge in [0.2, 0.25) is 0 Å². The summed E-state index contributed by atoms with van der Waals surface area (Å²) in [6.45, 7) is 0. The van der Waals surface area contributed by atoms with Crippen LogP contribution in [0, 0.1) is 11.3 Å². The smallest absolute Gasteiger partial charge is 0.160 e. The highest BCUT2D eigenvalue weighted by atomic mass is 15.0. The second-order valence-electron chi connectivity index (χ2n) is 11.0. The second-order valence-corrected chi connectivity index (χ2v) is 11.0. The minimum absolute atomic E-state index is 0.580. The van der Waals surface area contributed by atoms with Gasteiger partial charge in [0.05, 0.1) is 33.7 Å². The standard InChI is InChI=1S/C41H26N4/c42-27-33-21-20-32(41-43-36(29-14-6-2-7-15-29)26-37(44-41)30-16-8-3-9-17-30)25-40(33)45-38-19-11-10-18-34(38)35-24-31(22-23-39(35)45)28-12-4-1-5-13-28/h1-26H. The van der Waals surface area contributed by atoms with Gasteiger partial charge in [-0.25, -0.2) is 9.97 Å². The summed E-state index contributed by atoms with van der Waals surface area (Å²) in [5.74, 6) is 0.605. The van der Waals surface area contributed by atoms with Crippen LogP contribution in [0.1, 0.15) is 5.56 Å². The fourth-order valence-electron chi connectivity index (χ4n) is 6.08. The molecule has 0 saturated carbocycles. The number of para-hydroxylation sites is 1. The molecule has 0 atom stereocenters. The van der Waals surface area contributed by atoms with Gasteiger partial charge in [-0.05, 0) is 53.6 Å². The number of rotatable bonds is 5. The van der Waals surface area contributed by atoms with Crippen LogP contribution in [0.4, 0.5) is 0 Å². The van der Waals surface area contributed by atoms with Crippen molar-refractivity contribution in [3.63, 3.8) is 0 Å². The second kappa shape index (κ2) is 11.1. The van der Waals surface area contributed by atoms with Gasteiger partial charge in [0, 0.05) is 27.5 Å². The first-order chi connectivity index (χ1) is 22.3. The summed E-state index contributed by atoms with van der Waals surface area (Å²) in [6, 6.07) is 56.0. The maximum absolute atomic E-state index is 10.3. The van der Waals surface area contributed by atoms with Gasteiger partial charge in [-0.1, -0.05) is 115 Å². The predicted molar refractivity (Wildman–Crippen MR) is 183 cm³/mol. The van der Waals surface area contributed by atoms with Crippen molar-refractivity contribution in [2.24, 2.45) is 0 Å². The Kier molecular flexibility index (Phi) is 6.48. The summed E-state index contributed by atoms with van der Waals surface area (Å²) >= 11 is 0. The van der Waals surface area contributed by atoms with Crippen LogP contribution in [0.5, 0.6) is 0 Å². The summed E-state index contributed by atoms with van der Waals surface area (Å²) in [6.07, 6.45) is 0. The molecular weight excluding hydrogens is 548 g/mol. The van der Waals surface area contributed by atoms with Crippen LogP contribution >= 0.6 is 0 Å². The van der Waals surface area contributed by atoms with E-state index in [9.17, 15) is 5.26 Å². The van der Waals surface area contributed by atoms with E-state index in [4.69, 9.17) is 9.97 Å². The molecule has 2 heterocycles. The summed E-state index contributed by atoms with van der Waals surface area (Å²) < 4.78 is 2.20. The number of hydrogen-bond acceptors (Lipinski definition) is 3. The minimum atomic E-state index is 0.580. The van der Waals surface area contributed by atoms with E-state index < -0.39 is 0 Å². The molecule has 0 N–H and O–H groups in total. The molecule has 8 rings (SSSR count). The molecule has 4 nitrogen and oxygen atoms in total. The first-order valence-corrected chi connectivity index (χ1v) is 14.9. The lowest BCUT2D eigenvalue weighted by Crippen LogP contribution is -2.00. The Bertz CT molecular complexity index is 2310. The molecule has 2 aromatic heterocycles. The van der Waals surface area contributed by atoms with E-state index in [1.807, 2.05) is 66.7 Å². The number of aromatic nitrogens is 3. The first-order valence-electron chi connectivity index (χ1n) is 14.9. The third kappa shape index (κ3) is 4.74. The minimum Gasteiger partial charge on any atom is -0.308 e. The number of hydrogen-bond donors (Lipinski definition) is 0. The van der Waals surface area contributed by atoms with Crippen LogP contribution in [-0.4, -0.2) is 14.5 Å². The lowest BCUT2D eigenvalue weighted by molar-refractivity contribution is 1.15. The van der Waals surface area contributed by atoms with Crippen molar-refractivity contribution >= 4 is 21.8 Å². The molecule has 4 heteroatoms. The lowest BCUT2D eigenvalue weighted by atomic mass is 10.0. The van der Waals surface area contributed by atoms with Crippen LogP contribution in [-0.2, 0) is 0 Å². The maximum Gasteiger partial charge on any atom is 0.160 e. The molecule has 0 spiro atoms. The summed E-state index contributed by atoms with van der Waals surface area (Å²) in [7, 11) is 0. The molecule has 0 unspecified atom stereocenters. The molecule has 0 amide bonds. The highest BCUT2D eigenvalue weighted by Crippen LogP contribution is 2.37. The molecule has 0 bridgehead atoms. The van der Waals surface area contributed by atoms with Crippen molar-refractivity contribution in [1.82, 2.24) is 14.5 Å². The molecule has 6 aromatic carbocycles. The van der Waals surface area contributed by atoms with Crippen LogP contribution < -0.4 is 0 Å². The first kappa shape index (κ1) is 26.3. The highest BCUT2D eigenvalue weighted by Gasteiger charge is 2.18. The summed E-state index contributed by atoms with van der Waals surface area (Å²) in [5, 5.41) is 12.6. The average molecular weight is 575 g/mol. The average Bonchev–Trinajstić information content (AvgIpc) is 3.46. The van der Waals surface area contributed by atoms with E-state index in [0.717, 1.165) is 61.1 Å². The third-order valence-corrected chi connectivity index (χ3v) is 8.26. The van der Waals surface area contributed by atoms with Crippen LogP contribution in [0.3, 0.4) is 0 Å². The van der Waals surface area contributed by atoms with Gasteiger partial charge in [0.25, 0.3) is 0 Å². The van der Waals surface area contributed by atoms with Gasteiger partial charge in [-0.15, -0.1) is 0 Å². The van der Waals surface area contributed by atoms with Gasteiger partial charge >= 0.3 is 0 Å². The van der Waals surface area contributed by atoms with Crippen molar-refractivity contribution in [1.29, 1.82) is 5.26 Å². The Balaban J connectivity index is 1.35. The molecule has 0 aliphatic rings. The Morgan fingerprint density at radius 1 is 0.444 bits per heavy atom. The normalized spacial score (nSPS) is 11.1. The SMILES string of the molecule is N#Cc1ccc(-c2nc(-c3ccccc3)cc(-c3ccccc3)n2)cc1-n1c2ccccc2c2cc(-c3ccccc3)ccc21. The lowest BCUT2D eigenvalue weighted by Gasteiger charge is -2.13. The van der Waals surface area contributed by atoms with E-state index in [1.165, 1.54) is 5.56 Å². The maximum atomic E-state index is 10.3. The van der Waals surface area contributed by atoms with Gasteiger partial charge < -0.3 is 4.57 Å². The Labute approximate surface area is 261 Å². The zero-order chi connectivity index (χ0) is 30.2. The Morgan fingerprint density at radius 2 is 1.00 bits per heavy atom. The van der Waals surface area contributed by atoms with Crippen molar-refractivity contribution in [2.75, 3.05) is 0 Å². The molecule has 0 saturated heterocycles. The van der Waals surface area contributed by atoms with Gasteiger partial charge in [-0.2, -0.15) is 5.26 Å². The topological polar surface area (TPSA) is 54.5 Å². The number of nitriles is 1. The van der Waals surface area contributed by atoms with E-state index in [-0.39, 0.29) is 0 Å². The molecule has 210 valence electrons. The molecule has 45 heavy (non-hydrogen) atoms. The van der Waals surface area contributed by atoms with Crippen LogP contribution in [0.2, 0.25) is 0 Å². The summed E-state index contributed by atoms with van der Waals surface area (Å²) in [5.41, 5.74) is 10.3. The van der Waals surface area contributed by atoms with E-state index in [1.54, 1.807) is 0 Å². The molecule has 8 aromatic rings. The number of nitrogens with zero attached hydrogens (tertiary/aromatic N) is 4. The molecule has 0 radical (unpaired) electrons. The molecular formula is C41H26N4. The highest BCUT2D eigenvalue weighted by molar-refractivity contribution is 6.10. The monoisotopic (exact) mass is 574 g/mol. The number of fused-ring (bicyclic) bond motifs is 3. The third-order valence-electron chi connectivity index (χ3n) is 8.26. The summed E-state index contributed by atoms with van der Waals surface area (Å²) in [4.78, 5) is 10.1.